The van der Waals surface area contributed by atoms with Gasteiger partial charge in [-0.05, 0) is 42.3 Å². The molecule has 1 aliphatic heterocycles. The Morgan fingerprint density at radius 3 is 2.52 bits per heavy atom. The highest BCUT2D eigenvalue weighted by molar-refractivity contribution is 6.32. The molecule has 2 heterocycles. The Hall–Kier alpha value is -2.70. The van der Waals surface area contributed by atoms with Crippen molar-refractivity contribution in [3.05, 3.63) is 76.8 Å². The largest absolute Gasteiger partial charge is 0.437 e. The second kappa shape index (κ2) is 8.76. The molecule has 0 radical (unpaired) electrons. The summed E-state index contributed by atoms with van der Waals surface area (Å²) in [6.07, 6.45) is 1.51. The summed E-state index contributed by atoms with van der Waals surface area (Å²) in [6.45, 7) is 6.31. The summed E-state index contributed by atoms with van der Waals surface area (Å²) in [7, 11) is 0. The van der Waals surface area contributed by atoms with Gasteiger partial charge in [0.15, 0.2) is 0 Å². The van der Waals surface area contributed by atoms with Crippen molar-refractivity contribution in [1.29, 1.82) is 0 Å². The summed E-state index contributed by atoms with van der Waals surface area (Å²) in [5, 5.41) is 0.546. The van der Waals surface area contributed by atoms with Crippen LogP contribution < -0.4 is 9.64 Å². The average molecular weight is 413 g/mol. The predicted octanol–water partition coefficient (Wildman–Crippen LogP) is 4.69. The van der Waals surface area contributed by atoms with Crippen LogP contribution in [0, 0.1) is 12.7 Å². The Labute approximate surface area is 174 Å². The molecule has 29 heavy (non-hydrogen) atoms. The molecule has 0 saturated carbocycles. The van der Waals surface area contributed by atoms with Crippen LogP contribution >= 0.6 is 11.6 Å². The van der Waals surface area contributed by atoms with Crippen molar-refractivity contribution in [2.75, 3.05) is 31.1 Å². The van der Waals surface area contributed by atoms with Crippen LogP contribution in [0.1, 0.15) is 11.1 Å². The van der Waals surface area contributed by atoms with E-state index in [-0.39, 0.29) is 5.82 Å². The van der Waals surface area contributed by atoms with Crippen LogP contribution in [-0.4, -0.2) is 41.0 Å². The van der Waals surface area contributed by atoms with Crippen LogP contribution in [0.25, 0.3) is 0 Å². The van der Waals surface area contributed by atoms with Gasteiger partial charge in [-0.25, -0.2) is 14.4 Å². The first-order chi connectivity index (χ1) is 14.1. The van der Waals surface area contributed by atoms with E-state index >= 15 is 0 Å². The maximum absolute atomic E-state index is 13.1. The molecule has 7 heteroatoms. The van der Waals surface area contributed by atoms with Gasteiger partial charge in [-0.2, -0.15) is 0 Å². The zero-order chi connectivity index (χ0) is 20.2. The van der Waals surface area contributed by atoms with Gasteiger partial charge in [-0.3, -0.25) is 4.90 Å². The average Bonchev–Trinajstić information content (AvgIpc) is 2.73. The number of rotatable bonds is 5. The normalized spacial score (nSPS) is 14.8. The molecule has 0 spiro atoms. The first kappa shape index (κ1) is 19.6. The molecule has 3 aromatic rings. The molecule has 0 bridgehead atoms. The number of anilines is 1. The monoisotopic (exact) mass is 412 g/mol. The summed E-state index contributed by atoms with van der Waals surface area (Å²) in [4.78, 5) is 13.2. The van der Waals surface area contributed by atoms with Gasteiger partial charge in [0.1, 0.15) is 23.7 Å². The second-order valence-electron chi connectivity index (χ2n) is 7.14. The Morgan fingerprint density at radius 1 is 1.00 bits per heavy atom. The van der Waals surface area contributed by atoms with Crippen molar-refractivity contribution in [3.8, 4) is 11.6 Å². The molecule has 1 aromatic heterocycles. The number of nitrogens with zero attached hydrogens (tertiary/aromatic N) is 4. The minimum absolute atomic E-state index is 0.202. The van der Waals surface area contributed by atoms with Crippen molar-refractivity contribution in [3.63, 3.8) is 0 Å². The third-order valence-electron chi connectivity index (χ3n) is 4.94. The van der Waals surface area contributed by atoms with E-state index in [0.29, 0.717) is 16.7 Å². The van der Waals surface area contributed by atoms with Crippen molar-refractivity contribution < 1.29 is 9.13 Å². The van der Waals surface area contributed by atoms with Gasteiger partial charge < -0.3 is 9.64 Å². The zero-order valence-electron chi connectivity index (χ0n) is 16.2. The van der Waals surface area contributed by atoms with Gasteiger partial charge in [-0.1, -0.05) is 29.8 Å². The molecular weight excluding hydrogens is 391 g/mol. The lowest BCUT2D eigenvalue weighted by Crippen LogP contribution is -2.46. The summed E-state index contributed by atoms with van der Waals surface area (Å²) in [5.41, 5.74) is 2.18. The molecule has 0 N–H and O–H groups in total. The summed E-state index contributed by atoms with van der Waals surface area (Å²) in [6, 6.07) is 14.2. The van der Waals surface area contributed by atoms with Crippen LogP contribution in [0.3, 0.4) is 0 Å². The minimum atomic E-state index is -0.202. The maximum atomic E-state index is 13.1. The van der Waals surface area contributed by atoms with E-state index in [1.165, 1.54) is 18.5 Å². The lowest BCUT2D eigenvalue weighted by molar-refractivity contribution is 0.249. The Morgan fingerprint density at radius 2 is 1.76 bits per heavy atom. The van der Waals surface area contributed by atoms with Gasteiger partial charge in [-0.15, -0.1) is 0 Å². The highest BCUT2D eigenvalue weighted by Gasteiger charge is 2.19. The van der Waals surface area contributed by atoms with Crippen LogP contribution in [0.15, 0.2) is 54.9 Å². The maximum Gasteiger partial charge on any atom is 0.224 e. The van der Waals surface area contributed by atoms with Gasteiger partial charge in [0.2, 0.25) is 5.88 Å². The molecule has 0 unspecified atom stereocenters. The number of aromatic nitrogens is 2. The third kappa shape index (κ3) is 5.02. The van der Waals surface area contributed by atoms with Crippen molar-refractivity contribution in [2.24, 2.45) is 0 Å². The van der Waals surface area contributed by atoms with Gasteiger partial charge in [0.05, 0.1) is 5.02 Å². The van der Waals surface area contributed by atoms with Gasteiger partial charge in [0.25, 0.3) is 0 Å². The lowest BCUT2D eigenvalue weighted by Gasteiger charge is -2.35. The highest BCUT2D eigenvalue weighted by Crippen LogP contribution is 2.30. The molecule has 2 aromatic carbocycles. The minimum Gasteiger partial charge on any atom is -0.437 e. The molecule has 5 nitrogen and oxygen atoms in total. The van der Waals surface area contributed by atoms with Crippen molar-refractivity contribution in [1.82, 2.24) is 14.9 Å². The molecule has 0 atom stereocenters. The van der Waals surface area contributed by atoms with E-state index in [2.05, 4.69) is 19.8 Å². The third-order valence-corrected chi connectivity index (χ3v) is 5.26. The standard InChI is InChI=1S/C22H22ClFN4O/c1-16-2-7-19(23)20(12-16)29-22-13-21(25-15-26-22)28-10-8-27(9-11-28)14-17-3-5-18(24)6-4-17/h2-7,12-13,15H,8-11,14H2,1H3. The fraction of sp³-hybridized carbons (Fsp3) is 0.273. The van der Waals surface area contributed by atoms with Crippen molar-refractivity contribution >= 4 is 17.4 Å². The zero-order valence-corrected chi connectivity index (χ0v) is 16.9. The molecule has 0 aliphatic carbocycles. The van der Waals surface area contributed by atoms with Crippen LogP contribution in [0.4, 0.5) is 10.2 Å². The number of halogens is 2. The molecule has 0 amide bonds. The summed E-state index contributed by atoms with van der Waals surface area (Å²) in [5.74, 6) is 1.68. The first-order valence-corrected chi connectivity index (χ1v) is 9.92. The van der Waals surface area contributed by atoms with Crippen LogP contribution in [0.5, 0.6) is 11.6 Å². The molecule has 150 valence electrons. The molecule has 4 rings (SSSR count). The van der Waals surface area contributed by atoms with Crippen LogP contribution in [-0.2, 0) is 6.54 Å². The smallest absolute Gasteiger partial charge is 0.224 e. The highest BCUT2D eigenvalue weighted by atomic mass is 35.5. The number of hydrogen-bond donors (Lipinski definition) is 0. The van der Waals surface area contributed by atoms with Crippen LogP contribution in [0.2, 0.25) is 5.02 Å². The molecule has 1 fully saturated rings. The summed E-state index contributed by atoms with van der Waals surface area (Å²) < 4.78 is 18.9. The SMILES string of the molecule is Cc1ccc(Cl)c(Oc2cc(N3CCN(Cc4ccc(F)cc4)CC3)ncn2)c1. The molecule has 1 saturated heterocycles. The number of benzene rings is 2. The number of aryl methyl sites for hydroxylation is 1. The predicted molar refractivity (Wildman–Crippen MR) is 112 cm³/mol. The Kier molecular flexibility index (Phi) is 5.92. The number of piperazine rings is 1. The van der Waals surface area contributed by atoms with E-state index in [9.17, 15) is 4.39 Å². The Balaban J connectivity index is 1.38. The van der Waals surface area contributed by atoms with E-state index < -0.39 is 0 Å². The fourth-order valence-electron chi connectivity index (χ4n) is 3.34. The summed E-state index contributed by atoms with van der Waals surface area (Å²) >= 11 is 6.22. The molecular formula is C22H22ClFN4O. The topological polar surface area (TPSA) is 41.5 Å². The Bertz CT molecular complexity index is 975. The van der Waals surface area contributed by atoms with Crippen molar-refractivity contribution in [2.45, 2.75) is 13.5 Å². The quantitative estimate of drug-likeness (QED) is 0.608. The van der Waals surface area contributed by atoms with Gasteiger partial charge >= 0.3 is 0 Å². The van der Waals surface area contributed by atoms with E-state index in [4.69, 9.17) is 16.3 Å². The van der Waals surface area contributed by atoms with E-state index in [1.54, 1.807) is 0 Å². The van der Waals surface area contributed by atoms with E-state index in [0.717, 1.165) is 49.7 Å². The first-order valence-electron chi connectivity index (χ1n) is 9.54. The van der Waals surface area contributed by atoms with E-state index in [1.807, 2.05) is 43.3 Å². The fourth-order valence-corrected chi connectivity index (χ4v) is 3.50. The second-order valence-corrected chi connectivity index (χ2v) is 7.55. The number of ether oxygens (including phenoxy) is 1. The lowest BCUT2D eigenvalue weighted by atomic mass is 10.2. The number of hydrogen-bond acceptors (Lipinski definition) is 5. The van der Waals surface area contributed by atoms with Gasteiger partial charge in [0, 0.05) is 38.8 Å². The molecule has 1 aliphatic rings.